The zero-order chi connectivity index (χ0) is 23.1. The first-order valence-corrected chi connectivity index (χ1v) is 11.3. The summed E-state index contributed by atoms with van der Waals surface area (Å²) in [6, 6.07) is 7.65. The molecule has 32 heavy (non-hydrogen) atoms. The van der Waals surface area contributed by atoms with Crippen molar-refractivity contribution in [2.24, 2.45) is 5.92 Å². The monoisotopic (exact) mass is 445 g/mol. The number of nitrogens with zero attached hydrogens (tertiary/aromatic N) is 2. The first kappa shape index (κ1) is 22.5. The first-order valence-electron chi connectivity index (χ1n) is 11.3. The summed E-state index contributed by atoms with van der Waals surface area (Å²) in [6.45, 7) is 6.13. The minimum absolute atomic E-state index is 0.0273. The highest BCUT2D eigenvalue weighted by atomic mass is 16.7. The van der Waals surface area contributed by atoms with Gasteiger partial charge in [-0.2, -0.15) is 0 Å². The molecule has 3 saturated heterocycles. The van der Waals surface area contributed by atoms with Gasteiger partial charge < -0.3 is 14.7 Å². The largest absolute Gasteiger partial charge is 0.445 e. The summed E-state index contributed by atoms with van der Waals surface area (Å²) in [7, 11) is 0. The fraction of sp³-hybridized carbons (Fsp3) is 0.609. The predicted octanol–water partition coefficient (Wildman–Crippen LogP) is 1.94. The van der Waals surface area contributed by atoms with E-state index in [0.717, 1.165) is 5.56 Å². The molecule has 1 aromatic rings. The molecule has 3 amide bonds. The molecule has 3 fully saturated rings. The van der Waals surface area contributed by atoms with Crippen molar-refractivity contribution in [2.75, 3.05) is 6.54 Å². The number of hydrogen-bond donors (Lipinski definition) is 2. The van der Waals surface area contributed by atoms with E-state index in [1.165, 1.54) is 4.90 Å². The third-order valence-electron chi connectivity index (χ3n) is 6.51. The van der Waals surface area contributed by atoms with Gasteiger partial charge in [0, 0.05) is 13.0 Å². The number of ether oxygens (including phenoxy) is 2. The molecule has 3 heterocycles. The number of fused-ring (bicyclic) bond motifs is 3. The maximum atomic E-state index is 13.6. The van der Waals surface area contributed by atoms with Crippen molar-refractivity contribution >= 4 is 17.9 Å². The van der Waals surface area contributed by atoms with Gasteiger partial charge in [0.15, 0.2) is 0 Å². The lowest BCUT2D eigenvalue weighted by molar-refractivity contribution is -0.317. The van der Waals surface area contributed by atoms with E-state index in [9.17, 15) is 19.5 Å². The quantitative estimate of drug-likeness (QED) is 0.693. The zero-order valence-corrected chi connectivity index (χ0v) is 18.7. The number of alkyl carbamates (subject to hydrolysis) is 1. The summed E-state index contributed by atoms with van der Waals surface area (Å²) in [5, 5.41) is 14.2. The SMILES string of the molecule is CC[C@@]1(NC(=O)OCc2ccccc2)O[C@@]2(O)[C@@H]3CCCN3C(=O)[C@H](CC(C)C)N2C1=O. The van der Waals surface area contributed by atoms with Gasteiger partial charge in [0.25, 0.3) is 11.8 Å². The van der Waals surface area contributed by atoms with Crippen molar-refractivity contribution in [3.8, 4) is 0 Å². The molecule has 174 valence electrons. The van der Waals surface area contributed by atoms with Gasteiger partial charge in [-0.25, -0.2) is 4.79 Å². The number of rotatable bonds is 6. The van der Waals surface area contributed by atoms with Crippen LogP contribution in [0.1, 0.15) is 52.0 Å². The second kappa shape index (κ2) is 8.37. The molecule has 2 N–H and O–H groups in total. The van der Waals surface area contributed by atoms with Gasteiger partial charge in [-0.15, -0.1) is 0 Å². The van der Waals surface area contributed by atoms with Gasteiger partial charge in [0.05, 0.1) is 0 Å². The van der Waals surface area contributed by atoms with E-state index < -0.39 is 35.7 Å². The summed E-state index contributed by atoms with van der Waals surface area (Å²) < 4.78 is 11.3. The first-order chi connectivity index (χ1) is 15.2. The minimum atomic E-state index is -2.00. The van der Waals surface area contributed by atoms with Gasteiger partial charge in [-0.05, 0) is 30.7 Å². The Kier molecular flexibility index (Phi) is 5.89. The average Bonchev–Trinajstić information content (AvgIpc) is 3.34. The second-order valence-electron chi connectivity index (χ2n) is 9.14. The molecule has 0 radical (unpaired) electrons. The molecule has 0 unspecified atom stereocenters. The van der Waals surface area contributed by atoms with Crippen LogP contribution in [0.25, 0.3) is 0 Å². The Labute approximate surface area is 187 Å². The third kappa shape index (κ3) is 3.63. The number of amides is 3. The highest BCUT2D eigenvalue weighted by molar-refractivity contribution is 5.96. The number of carbonyl (C=O) groups is 3. The number of aliphatic hydroxyl groups is 1. The van der Waals surface area contributed by atoms with Crippen LogP contribution < -0.4 is 5.32 Å². The van der Waals surface area contributed by atoms with Gasteiger partial charge in [-0.1, -0.05) is 51.1 Å². The molecule has 3 aliphatic heterocycles. The average molecular weight is 446 g/mol. The fourth-order valence-corrected chi connectivity index (χ4v) is 4.97. The molecule has 4 rings (SSSR count). The smallest absolute Gasteiger partial charge is 0.410 e. The molecule has 3 aliphatic rings. The maximum absolute atomic E-state index is 13.6. The standard InChI is InChI=1S/C23H31N3O6/c1-4-22(24-21(29)31-14-16-9-6-5-7-10-16)20(28)26-17(13-15(2)3)19(27)25-12-8-11-18(25)23(26,30)32-22/h5-7,9-10,15,17-18,30H,4,8,11-14H2,1-3H3,(H,24,29)/t17-,18-,22+,23-/m0/s1. The van der Waals surface area contributed by atoms with E-state index in [1.54, 1.807) is 11.8 Å². The van der Waals surface area contributed by atoms with Crippen molar-refractivity contribution in [2.45, 2.75) is 76.8 Å². The Morgan fingerprint density at radius 2 is 2.03 bits per heavy atom. The van der Waals surface area contributed by atoms with Crippen molar-refractivity contribution in [1.82, 2.24) is 15.1 Å². The Morgan fingerprint density at radius 3 is 2.69 bits per heavy atom. The molecule has 0 saturated carbocycles. The Bertz CT molecular complexity index is 893. The summed E-state index contributed by atoms with van der Waals surface area (Å²) in [5.74, 6) is -2.68. The van der Waals surface area contributed by atoms with Crippen molar-refractivity contribution in [3.05, 3.63) is 35.9 Å². The van der Waals surface area contributed by atoms with E-state index in [4.69, 9.17) is 9.47 Å². The molecule has 1 aromatic carbocycles. The molecule has 9 heteroatoms. The molecular weight excluding hydrogens is 414 g/mol. The topological polar surface area (TPSA) is 108 Å². The molecule has 0 bridgehead atoms. The summed E-state index contributed by atoms with van der Waals surface area (Å²) in [4.78, 5) is 42.2. The summed E-state index contributed by atoms with van der Waals surface area (Å²) in [5.41, 5.74) is -1.01. The van der Waals surface area contributed by atoms with E-state index >= 15 is 0 Å². The zero-order valence-electron chi connectivity index (χ0n) is 18.7. The van der Waals surface area contributed by atoms with Gasteiger partial charge in [0.2, 0.25) is 11.6 Å². The predicted molar refractivity (Wildman–Crippen MR) is 114 cm³/mol. The van der Waals surface area contributed by atoms with Crippen LogP contribution in [0.15, 0.2) is 30.3 Å². The lowest BCUT2D eigenvalue weighted by atomic mass is 9.95. The van der Waals surface area contributed by atoms with Crippen LogP contribution in [0.2, 0.25) is 0 Å². The van der Waals surface area contributed by atoms with Crippen LogP contribution in [0.5, 0.6) is 0 Å². The molecule has 9 nitrogen and oxygen atoms in total. The third-order valence-corrected chi connectivity index (χ3v) is 6.51. The number of hydrogen-bond acceptors (Lipinski definition) is 6. The van der Waals surface area contributed by atoms with Crippen LogP contribution in [-0.4, -0.2) is 63.1 Å². The normalized spacial score (nSPS) is 31.7. The summed E-state index contributed by atoms with van der Waals surface area (Å²) in [6.07, 6.45) is 0.850. The van der Waals surface area contributed by atoms with Gasteiger partial charge in [0.1, 0.15) is 18.7 Å². The maximum Gasteiger partial charge on any atom is 0.410 e. The molecule has 0 aliphatic carbocycles. The van der Waals surface area contributed by atoms with Gasteiger partial charge in [-0.3, -0.25) is 24.5 Å². The number of piperazine rings is 1. The second-order valence-corrected chi connectivity index (χ2v) is 9.14. The van der Waals surface area contributed by atoms with Crippen LogP contribution in [0.3, 0.4) is 0 Å². The molecular formula is C23H31N3O6. The highest BCUT2D eigenvalue weighted by Crippen LogP contribution is 2.47. The van der Waals surface area contributed by atoms with Crippen LogP contribution in [-0.2, 0) is 25.7 Å². The lowest BCUT2D eigenvalue weighted by Crippen LogP contribution is -2.71. The van der Waals surface area contributed by atoms with Crippen molar-refractivity contribution < 1.29 is 29.0 Å². The van der Waals surface area contributed by atoms with Gasteiger partial charge >= 0.3 is 6.09 Å². The Morgan fingerprint density at radius 1 is 1.31 bits per heavy atom. The molecule has 0 spiro atoms. The number of nitrogens with one attached hydrogen (secondary N) is 1. The van der Waals surface area contributed by atoms with E-state index in [1.807, 2.05) is 44.2 Å². The lowest BCUT2D eigenvalue weighted by Gasteiger charge is -2.49. The van der Waals surface area contributed by atoms with E-state index in [-0.39, 0.29) is 24.9 Å². The van der Waals surface area contributed by atoms with Crippen LogP contribution in [0, 0.1) is 5.92 Å². The fourth-order valence-electron chi connectivity index (χ4n) is 4.97. The van der Waals surface area contributed by atoms with Crippen LogP contribution >= 0.6 is 0 Å². The van der Waals surface area contributed by atoms with E-state index in [0.29, 0.717) is 25.8 Å². The van der Waals surface area contributed by atoms with Crippen molar-refractivity contribution in [1.29, 1.82) is 0 Å². The minimum Gasteiger partial charge on any atom is -0.445 e. The van der Waals surface area contributed by atoms with Crippen LogP contribution in [0.4, 0.5) is 4.79 Å². The molecule has 0 aromatic heterocycles. The number of benzene rings is 1. The Hall–Kier alpha value is -2.65. The Balaban J connectivity index is 1.59. The van der Waals surface area contributed by atoms with Crippen molar-refractivity contribution in [3.63, 3.8) is 0 Å². The summed E-state index contributed by atoms with van der Waals surface area (Å²) >= 11 is 0. The highest BCUT2D eigenvalue weighted by Gasteiger charge is 2.70. The van der Waals surface area contributed by atoms with E-state index in [2.05, 4.69) is 5.32 Å². The molecule has 4 atom stereocenters. The number of carbonyl (C=O) groups excluding carboxylic acids is 3.